The molecule has 0 spiro atoms. The molecule has 0 aliphatic rings. The maximum Gasteiger partial charge on any atom is 0.267 e. The highest BCUT2D eigenvalue weighted by atomic mass is 32.2. The molecule has 0 saturated carbocycles. The number of nitrogens with zero attached hydrogens (tertiary/aromatic N) is 2. The number of nitrogens with one attached hydrogen (secondary N) is 1. The van der Waals surface area contributed by atoms with E-state index in [2.05, 4.69) is 10.3 Å². The van der Waals surface area contributed by atoms with E-state index in [1.54, 1.807) is 26.1 Å². The van der Waals surface area contributed by atoms with Crippen LogP contribution < -0.4 is 5.32 Å². The summed E-state index contributed by atoms with van der Waals surface area (Å²) in [6.07, 6.45) is 0. The van der Waals surface area contributed by atoms with Gasteiger partial charge >= 0.3 is 0 Å². The number of aromatic nitrogens is 1. The lowest BCUT2D eigenvalue weighted by Gasteiger charge is -2.21. The van der Waals surface area contributed by atoms with E-state index in [1.165, 1.54) is 27.8 Å². The van der Waals surface area contributed by atoms with Gasteiger partial charge in [-0.25, -0.2) is 13.4 Å². The summed E-state index contributed by atoms with van der Waals surface area (Å²) < 4.78 is 26.1. The second-order valence-electron chi connectivity index (χ2n) is 5.74. The summed E-state index contributed by atoms with van der Waals surface area (Å²) in [5, 5.41) is 3.60. The van der Waals surface area contributed by atoms with Crippen molar-refractivity contribution < 1.29 is 13.2 Å². The van der Waals surface area contributed by atoms with Crippen molar-refractivity contribution >= 4 is 33.0 Å². The van der Waals surface area contributed by atoms with Crippen LogP contribution in [0.4, 0.5) is 5.69 Å². The fourth-order valence-corrected chi connectivity index (χ4v) is 4.27. The van der Waals surface area contributed by atoms with Crippen LogP contribution in [0.25, 0.3) is 0 Å². The maximum atomic E-state index is 12.4. The van der Waals surface area contributed by atoms with Crippen molar-refractivity contribution in [2.24, 2.45) is 0 Å². The number of anilines is 1. The maximum absolute atomic E-state index is 12.4. The average molecular weight is 367 g/mol. The first kappa shape index (κ1) is 18.6. The SMILES string of the molecule is Cc1nc(C)c(C(=O)Nc2ccc(S(=O)(=O)N(C)C(C)C)cc2)s1. The zero-order chi connectivity index (χ0) is 18.1. The summed E-state index contributed by atoms with van der Waals surface area (Å²) in [7, 11) is -1.98. The zero-order valence-corrected chi connectivity index (χ0v) is 16.0. The molecule has 0 bridgehead atoms. The minimum atomic E-state index is -3.53. The van der Waals surface area contributed by atoms with E-state index >= 15 is 0 Å². The van der Waals surface area contributed by atoms with Crippen LogP contribution in [0.2, 0.25) is 0 Å². The largest absolute Gasteiger partial charge is 0.321 e. The van der Waals surface area contributed by atoms with Crippen LogP contribution in [0.5, 0.6) is 0 Å². The molecule has 0 unspecified atom stereocenters. The lowest BCUT2D eigenvalue weighted by atomic mass is 10.3. The first-order valence-corrected chi connectivity index (χ1v) is 9.72. The number of hydrogen-bond acceptors (Lipinski definition) is 5. The van der Waals surface area contributed by atoms with Crippen LogP contribution in [0.3, 0.4) is 0 Å². The molecule has 0 atom stereocenters. The van der Waals surface area contributed by atoms with Crippen molar-refractivity contribution in [1.29, 1.82) is 0 Å². The Morgan fingerprint density at radius 3 is 2.25 bits per heavy atom. The molecule has 2 aromatic rings. The van der Waals surface area contributed by atoms with Gasteiger partial charge in [0.1, 0.15) is 4.88 Å². The summed E-state index contributed by atoms with van der Waals surface area (Å²) in [6, 6.07) is 6.03. The van der Waals surface area contributed by atoms with Crippen LogP contribution in [0.1, 0.15) is 34.2 Å². The standard InChI is InChI=1S/C16H21N3O3S2/c1-10(2)19(5)24(21,22)14-8-6-13(7-9-14)18-16(20)15-11(3)17-12(4)23-15/h6-10H,1-5H3,(H,18,20). The molecule has 1 heterocycles. The van der Waals surface area contributed by atoms with Gasteiger partial charge in [-0.15, -0.1) is 11.3 Å². The summed E-state index contributed by atoms with van der Waals surface area (Å²) in [5.41, 5.74) is 1.23. The minimum absolute atomic E-state index is 0.132. The zero-order valence-electron chi connectivity index (χ0n) is 14.3. The van der Waals surface area contributed by atoms with Gasteiger partial charge in [0, 0.05) is 18.8 Å². The lowest BCUT2D eigenvalue weighted by molar-refractivity contribution is 0.103. The van der Waals surface area contributed by atoms with Crippen molar-refractivity contribution in [3.8, 4) is 0 Å². The second kappa shape index (κ2) is 7.00. The number of benzene rings is 1. The summed E-state index contributed by atoms with van der Waals surface area (Å²) >= 11 is 1.33. The van der Waals surface area contributed by atoms with E-state index in [-0.39, 0.29) is 16.8 Å². The summed E-state index contributed by atoms with van der Waals surface area (Å²) in [5.74, 6) is -0.243. The molecule has 1 amide bonds. The number of amides is 1. The van der Waals surface area contributed by atoms with Crippen LogP contribution >= 0.6 is 11.3 Å². The molecule has 130 valence electrons. The minimum Gasteiger partial charge on any atom is -0.321 e. The van der Waals surface area contributed by atoms with E-state index < -0.39 is 10.0 Å². The topological polar surface area (TPSA) is 79.4 Å². The number of carbonyl (C=O) groups excluding carboxylic acids is 1. The van der Waals surface area contributed by atoms with Gasteiger partial charge < -0.3 is 5.32 Å². The van der Waals surface area contributed by atoms with Gasteiger partial charge in [-0.05, 0) is 52.0 Å². The molecule has 2 rings (SSSR count). The summed E-state index contributed by atoms with van der Waals surface area (Å²) in [6.45, 7) is 7.26. The Balaban J connectivity index is 2.18. The third-order valence-corrected chi connectivity index (χ3v) is 6.75. The molecule has 0 aliphatic carbocycles. The first-order chi connectivity index (χ1) is 11.1. The van der Waals surface area contributed by atoms with E-state index in [1.807, 2.05) is 20.8 Å². The lowest BCUT2D eigenvalue weighted by Crippen LogP contribution is -2.33. The molecule has 8 heteroatoms. The number of hydrogen-bond donors (Lipinski definition) is 1. The number of sulfonamides is 1. The van der Waals surface area contributed by atoms with Gasteiger partial charge in [-0.1, -0.05) is 0 Å². The van der Waals surface area contributed by atoms with Gasteiger partial charge in [-0.2, -0.15) is 4.31 Å². The monoisotopic (exact) mass is 367 g/mol. The predicted molar refractivity (Wildman–Crippen MR) is 96.1 cm³/mol. The predicted octanol–water partition coefficient (Wildman–Crippen LogP) is 3.04. The fraction of sp³-hybridized carbons (Fsp3) is 0.375. The summed E-state index contributed by atoms with van der Waals surface area (Å²) in [4.78, 5) is 17.2. The first-order valence-electron chi connectivity index (χ1n) is 7.46. The van der Waals surface area contributed by atoms with E-state index in [0.29, 0.717) is 16.3 Å². The van der Waals surface area contributed by atoms with Gasteiger partial charge in [0.2, 0.25) is 10.0 Å². The Morgan fingerprint density at radius 1 is 1.21 bits per heavy atom. The third-order valence-electron chi connectivity index (χ3n) is 3.63. The smallest absolute Gasteiger partial charge is 0.267 e. The van der Waals surface area contributed by atoms with Gasteiger partial charge in [0.25, 0.3) is 5.91 Å². The van der Waals surface area contributed by atoms with E-state index in [9.17, 15) is 13.2 Å². The van der Waals surface area contributed by atoms with Crippen LogP contribution in [0.15, 0.2) is 29.2 Å². The molecule has 1 aromatic carbocycles. The van der Waals surface area contributed by atoms with Crippen LogP contribution in [-0.4, -0.2) is 36.7 Å². The van der Waals surface area contributed by atoms with Crippen molar-refractivity contribution in [3.63, 3.8) is 0 Å². The second-order valence-corrected chi connectivity index (χ2v) is 8.94. The Hall–Kier alpha value is -1.77. The third kappa shape index (κ3) is 3.82. The molecular weight excluding hydrogens is 346 g/mol. The molecule has 6 nitrogen and oxygen atoms in total. The Bertz CT molecular complexity index is 840. The van der Waals surface area contributed by atoms with Crippen LogP contribution in [0, 0.1) is 13.8 Å². The average Bonchev–Trinajstić information content (AvgIpc) is 2.85. The Labute approximate surface area is 146 Å². The highest BCUT2D eigenvalue weighted by Crippen LogP contribution is 2.21. The van der Waals surface area contributed by atoms with Crippen molar-refractivity contribution in [3.05, 3.63) is 39.8 Å². The van der Waals surface area contributed by atoms with Gasteiger partial charge in [0.15, 0.2) is 0 Å². The van der Waals surface area contributed by atoms with Crippen LogP contribution in [-0.2, 0) is 10.0 Å². The molecular formula is C16H21N3O3S2. The van der Waals surface area contributed by atoms with Crippen molar-refractivity contribution in [1.82, 2.24) is 9.29 Å². The highest BCUT2D eigenvalue weighted by Gasteiger charge is 2.23. The number of rotatable bonds is 5. The molecule has 1 aromatic heterocycles. The van der Waals surface area contributed by atoms with Gasteiger partial charge in [-0.3, -0.25) is 4.79 Å². The fourth-order valence-electron chi connectivity index (χ4n) is 2.08. The molecule has 0 aliphatic heterocycles. The molecule has 0 radical (unpaired) electrons. The number of aryl methyl sites for hydroxylation is 2. The Kier molecular flexibility index (Phi) is 5.42. The van der Waals surface area contributed by atoms with E-state index in [4.69, 9.17) is 0 Å². The number of carbonyl (C=O) groups is 1. The molecule has 0 fully saturated rings. The van der Waals surface area contributed by atoms with Gasteiger partial charge in [0.05, 0.1) is 15.6 Å². The molecule has 0 saturated heterocycles. The molecule has 24 heavy (non-hydrogen) atoms. The normalized spacial score (nSPS) is 12.0. The molecule has 1 N–H and O–H groups in total. The van der Waals surface area contributed by atoms with Crippen molar-refractivity contribution in [2.45, 2.75) is 38.6 Å². The quantitative estimate of drug-likeness (QED) is 0.881. The highest BCUT2D eigenvalue weighted by molar-refractivity contribution is 7.89. The van der Waals surface area contributed by atoms with E-state index in [0.717, 1.165) is 5.01 Å². The number of thiazole rings is 1. The Morgan fingerprint density at radius 2 is 1.79 bits per heavy atom. The van der Waals surface area contributed by atoms with Crippen molar-refractivity contribution in [2.75, 3.05) is 12.4 Å².